The Hall–Kier alpha value is -0.860. The standard InChI is InChI=1S/C28H40S2/c1-2-3-4-5-6-7-8-9-10-11-12-13-14-15-19-24-20-18-23-27-28(24)30-26-22-17-16-21-25(26)29-27/h16-18,20-23H,2-15,19H2,1H3. The Morgan fingerprint density at radius 2 is 1.00 bits per heavy atom. The van der Waals surface area contributed by atoms with E-state index in [9.17, 15) is 0 Å². The SMILES string of the molecule is CCCCCCCCCCCCCCCCc1cccc2c1Sc1ccccc1S2. The molecule has 0 unspecified atom stereocenters. The molecular weight excluding hydrogens is 400 g/mol. The fourth-order valence-electron chi connectivity index (χ4n) is 4.31. The molecule has 3 rings (SSSR count). The Labute approximate surface area is 194 Å². The summed E-state index contributed by atoms with van der Waals surface area (Å²) in [4.78, 5) is 5.78. The maximum atomic E-state index is 2.35. The zero-order valence-corrected chi connectivity index (χ0v) is 20.6. The van der Waals surface area contributed by atoms with Crippen LogP contribution in [0.4, 0.5) is 0 Å². The van der Waals surface area contributed by atoms with Crippen LogP contribution in [0.25, 0.3) is 0 Å². The van der Waals surface area contributed by atoms with E-state index in [0.717, 1.165) is 0 Å². The number of benzene rings is 2. The number of fused-ring (bicyclic) bond motifs is 2. The monoisotopic (exact) mass is 440 g/mol. The van der Waals surface area contributed by atoms with Crippen molar-refractivity contribution in [3.8, 4) is 0 Å². The van der Waals surface area contributed by atoms with Crippen LogP contribution in [0.1, 0.15) is 102 Å². The smallest absolute Gasteiger partial charge is 0.0294 e. The summed E-state index contributed by atoms with van der Waals surface area (Å²) < 4.78 is 0. The van der Waals surface area contributed by atoms with Gasteiger partial charge in [-0.2, -0.15) is 0 Å². The molecule has 0 spiro atoms. The molecule has 1 heterocycles. The lowest BCUT2D eigenvalue weighted by Gasteiger charge is -2.20. The summed E-state index contributed by atoms with van der Waals surface area (Å²) in [5.74, 6) is 0. The Balaban J connectivity index is 1.24. The number of unbranched alkanes of at least 4 members (excludes halogenated alkanes) is 13. The van der Waals surface area contributed by atoms with Crippen molar-refractivity contribution in [2.24, 2.45) is 0 Å². The molecule has 0 nitrogen and oxygen atoms in total. The first-order valence-electron chi connectivity index (χ1n) is 12.4. The highest BCUT2D eigenvalue weighted by Crippen LogP contribution is 2.49. The van der Waals surface area contributed by atoms with Gasteiger partial charge in [0, 0.05) is 19.6 Å². The average Bonchev–Trinajstić information content (AvgIpc) is 2.78. The molecule has 0 N–H and O–H groups in total. The zero-order chi connectivity index (χ0) is 20.9. The molecule has 0 aliphatic carbocycles. The lowest BCUT2D eigenvalue weighted by molar-refractivity contribution is 0.535. The van der Waals surface area contributed by atoms with Crippen molar-refractivity contribution in [2.45, 2.75) is 123 Å². The quantitative estimate of drug-likeness (QED) is 0.215. The van der Waals surface area contributed by atoms with Crippen LogP contribution in [0.2, 0.25) is 0 Å². The largest absolute Gasteiger partial charge is 0.0877 e. The molecular formula is C28H40S2. The molecule has 164 valence electrons. The van der Waals surface area contributed by atoms with E-state index < -0.39 is 0 Å². The molecule has 0 fully saturated rings. The van der Waals surface area contributed by atoms with E-state index in [1.54, 1.807) is 5.56 Å². The van der Waals surface area contributed by atoms with Crippen LogP contribution in [-0.4, -0.2) is 0 Å². The van der Waals surface area contributed by atoms with E-state index in [1.165, 1.54) is 116 Å². The highest BCUT2D eigenvalue weighted by Gasteiger charge is 2.18. The second-order valence-electron chi connectivity index (χ2n) is 8.74. The van der Waals surface area contributed by atoms with Gasteiger partial charge in [0.15, 0.2) is 0 Å². The summed E-state index contributed by atoms with van der Waals surface area (Å²) in [6.07, 6.45) is 21.2. The molecule has 2 aromatic rings. The van der Waals surface area contributed by atoms with Gasteiger partial charge in [-0.15, -0.1) is 0 Å². The van der Waals surface area contributed by atoms with Crippen LogP contribution in [0.3, 0.4) is 0 Å². The van der Waals surface area contributed by atoms with Crippen molar-refractivity contribution < 1.29 is 0 Å². The molecule has 1 aliphatic heterocycles. The van der Waals surface area contributed by atoms with Gasteiger partial charge >= 0.3 is 0 Å². The van der Waals surface area contributed by atoms with E-state index in [4.69, 9.17) is 0 Å². The van der Waals surface area contributed by atoms with Crippen LogP contribution in [-0.2, 0) is 6.42 Å². The van der Waals surface area contributed by atoms with E-state index in [2.05, 4.69) is 49.4 Å². The predicted molar refractivity (Wildman–Crippen MR) is 135 cm³/mol. The number of aryl methyl sites for hydroxylation is 1. The minimum atomic E-state index is 1.23. The fraction of sp³-hybridized carbons (Fsp3) is 0.571. The lowest BCUT2D eigenvalue weighted by atomic mass is 10.0. The van der Waals surface area contributed by atoms with Crippen molar-refractivity contribution >= 4 is 23.5 Å². The number of hydrogen-bond acceptors (Lipinski definition) is 2. The highest BCUT2D eigenvalue weighted by atomic mass is 32.2. The van der Waals surface area contributed by atoms with Crippen LogP contribution in [0.15, 0.2) is 62.0 Å². The molecule has 2 heteroatoms. The van der Waals surface area contributed by atoms with Gasteiger partial charge < -0.3 is 0 Å². The Morgan fingerprint density at radius 3 is 1.60 bits per heavy atom. The van der Waals surface area contributed by atoms with Gasteiger partial charge in [0.2, 0.25) is 0 Å². The van der Waals surface area contributed by atoms with Crippen molar-refractivity contribution in [1.82, 2.24) is 0 Å². The van der Waals surface area contributed by atoms with Crippen LogP contribution >= 0.6 is 23.5 Å². The third kappa shape index (κ3) is 8.00. The molecule has 0 saturated carbocycles. The highest BCUT2D eigenvalue weighted by molar-refractivity contribution is 8.05. The second-order valence-corrected chi connectivity index (χ2v) is 10.9. The summed E-state index contributed by atoms with van der Waals surface area (Å²) in [6.45, 7) is 2.30. The molecule has 30 heavy (non-hydrogen) atoms. The Kier molecular flexibility index (Phi) is 11.3. The topological polar surface area (TPSA) is 0 Å². The molecule has 0 bridgehead atoms. The van der Waals surface area contributed by atoms with Crippen molar-refractivity contribution in [1.29, 1.82) is 0 Å². The van der Waals surface area contributed by atoms with Crippen molar-refractivity contribution in [3.63, 3.8) is 0 Å². The second kappa shape index (κ2) is 14.2. The third-order valence-electron chi connectivity index (χ3n) is 6.14. The number of hydrogen-bond donors (Lipinski definition) is 0. The molecule has 0 atom stereocenters. The third-order valence-corrected chi connectivity index (χ3v) is 8.80. The summed E-state index contributed by atoms with van der Waals surface area (Å²) >= 11 is 3.91. The van der Waals surface area contributed by atoms with E-state index in [0.29, 0.717) is 0 Å². The van der Waals surface area contributed by atoms with Crippen LogP contribution in [0.5, 0.6) is 0 Å². The lowest BCUT2D eigenvalue weighted by Crippen LogP contribution is -1.95. The van der Waals surface area contributed by atoms with Crippen LogP contribution in [0, 0.1) is 0 Å². The van der Waals surface area contributed by atoms with Gasteiger partial charge in [0.05, 0.1) is 0 Å². The molecule has 0 aromatic heterocycles. The van der Waals surface area contributed by atoms with E-state index in [-0.39, 0.29) is 0 Å². The average molecular weight is 441 g/mol. The maximum absolute atomic E-state index is 2.35. The first kappa shape index (κ1) is 23.8. The van der Waals surface area contributed by atoms with Gasteiger partial charge in [-0.25, -0.2) is 0 Å². The van der Waals surface area contributed by atoms with Gasteiger partial charge in [-0.1, -0.05) is 138 Å². The zero-order valence-electron chi connectivity index (χ0n) is 19.0. The molecule has 0 amide bonds. The summed E-state index contributed by atoms with van der Waals surface area (Å²) in [5, 5.41) is 0. The van der Waals surface area contributed by atoms with Gasteiger partial charge in [0.1, 0.15) is 0 Å². The maximum Gasteiger partial charge on any atom is 0.0294 e. The molecule has 0 saturated heterocycles. The Bertz CT molecular complexity index is 737. The first-order valence-corrected chi connectivity index (χ1v) is 14.1. The van der Waals surface area contributed by atoms with Crippen molar-refractivity contribution in [3.05, 3.63) is 48.0 Å². The minimum absolute atomic E-state index is 1.23. The molecule has 1 aliphatic rings. The summed E-state index contributed by atoms with van der Waals surface area (Å²) in [6, 6.07) is 15.7. The van der Waals surface area contributed by atoms with Crippen molar-refractivity contribution in [2.75, 3.05) is 0 Å². The van der Waals surface area contributed by atoms with Gasteiger partial charge in [0.25, 0.3) is 0 Å². The minimum Gasteiger partial charge on any atom is -0.0877 e. The van der Waals surface area contributed by atoms with E-state index >= 15 is 0 Å². The van der Waals surface area contributed by atoms with Crippen LogP contribution < -0.4 is 0 Å². The molecule has 2 aromatic carbocycles. The summed E-state index contributed by atoms with van der Waals surface area (Å²) in [7, 11) is 0. The summed E-state index contributed by atoms with van der Waals surface area (Å²) in [5.41, 5.74) is 1.55. The van der Waals surface area contributed by atoms with Gasteiger partial charge in [-0.3, -0.25) is 0 Å². The molecule has 0 radical (unpaired) electrons. The van der Waals surface area contributed by atoms with Gasteiger partial charge in [-0.05, 0) is 36.6 Å². The normalized spacial score (nSPS) is 12.6. The first-order chi connectivity index (χ1) is 14.9. The predicted octanol–water partition coefficient (Wildman–Crippen LogP) is 10.3. The van der Waals surface area contributed by atoms with E-state index in [1.807, 2.05) is 23.5 Å². The Morgan fingerprint density at radius 1 is 0.500 bits per heavy atom. The number of rotatable bonds is 15. The fourth-order valence-corrected chi connectivity index (χ4v) is 6.74.